The smallest absolute Gasteiger partial charge is 0.252 e. The number of hydrogen-bond donors (Lipinski definition) is 0. The predicted molar refractivity (Wildman–Crippen MR) is 115 cm³/mol. The molecule has 2 heterocycles. The Hall–Kier alpha value is -2.39. The van der Waals surface area contributed by atoms with Crippen molar-refractivity contribution >= 4 is 32.7 Å². The number of aliphatic imine (C=N–C) groups is 1. The second kappa shape index (κ2) is 8.39. The lowest BCUT2D eigenvalue weighted by Gasteiger charge is -2.25. The maximum absolute atomic E-state index is 13.1. The number of carbonyl (C=O) groups excluding carboxylic acids is 1. The molecule has 0 unspecified atom stereocenters. The number of benzene rings is 2. The maximum atomic E-state index is 13.1. The highest BCUT2D eigenvalue weighted by Gasteiger charge is 2.48. The molecule has 0 radical (unpaired) electrons. The van der Waals surface area contributed by atoms with Crippen molar-refractivity contribution in [3.63, 3.8) is 0 Å². The van der Waals surface area contributed by atoms with Gasteiger partial charge in [0.2, 0.25) is 0 Å². The summed E-state index contributed by atoms with van der Waals surface area (Å²) in [7, 11) is -1.54. The fourth-order valence-electron chi connectivity index (χ4n) is 3.76. The van der Waals surface area contributed by atoms with E-state index in [0.29, 0.717) is 23.0 Å². The zero-order valence-corrected chi connectivity index (χ0v) is 18.0. The molecule has 158 valence electrons. The summed E-state index contributed by atoms with van der Waals surface area (Å²) in [6.07, 6.45) is 0.0560. The lowest BCUT2D eigenvalue weighted by Crippen LogP contribution is -2.37. The molecule has 0 N–H and O–H groups in total. The summed E-state index contributed by atoms with van der Waals surface area (Å²) in [6.45, 7) is 0.399. The third-order valence-electron chi connectivity index (χ3n) is 5.20. The van der Waals surface area contributed by atoms with Crippen LogP contribution in [0.4, 0.5) is 4.39 Å². The number of amidine groups is 1. The fourth-order valence-corrected chi connectivity index (χ4v) is 7.73. The lowest BCUT2D eigenvalue weighted by molar-refractivity contribution is -0.117. The summed E-state index contributed by atoms with van der Waals surface area (Å²) < 4.78 is 42.8. The van der Waals surface area contributed by atoms with Gasteiger partial charge in [0.25, 0.3) is 5.91 Å². The maximum Gasteiger partial charge on any atom is 0.252 e. The molecular weight excluding hydrogens is 427 g/mol. The first kappa shape index (κ1) is 20.9. The van der Waals surface area contributed by atoms with E-state index in [1.54, 1.807) is 19.2 Å². The summed E-state index contributed by atoms with van der Waals surface area (Å²) >= 11 is 1.34. The Morgan fingerprint density at radius 2 is 1.93 bits per heavy atom. The van der Waals surface area contributed by atoms with Gasteiger partial charge in [0, 0.05) is 17.4 Å². The highest BCUT2D eigenvalue weighted by atomic mass is 32.2. The van der Waals surface area contributed by atoms with Gasteiger partial charge in [-0.15, -0.1) is 0 Å². The summed E-state index contributed by atoms with van der Waals surface area (Å²) in [5, 5.41) is 0.375. The van der Waals surface area contributed by atoms with Crippen LogP contribution in [0.1, 0.15) is 11.1 Å². The second-order valence-electron chi connectivity index (χ2n) is 7.33. The van der Waals surface area contributed by atoms with Gasteiger partial charge in [-0.2, -0.15) is 4.99 Å². The molecule has 30 heavy (non-hydrogen) atoms. The number of fused-ring (bicyclic) bond motifs is 1. The number of amides is 1. The SMILES string of the molecule is COc1ccccc1CN1C(=NC(=O)Cc2ccc(F)cc2)S[C@@H]2CS(=O)(=O)C[C@H]21. The zero-order chi connectivity index (χ0) is 21.3. The van der Waals surface area contributed by atoms with E-state index in [2.05, 4.69) is 4.99 Å². The lowest BCUT2D eigenvalue weighted by atomic mass is 10.1. The van der Waals surface area contributed by atoms with Crippen LogP contribution in [0, 0.1) is 5.82 Å². The van der Waals surface area contributed by atoms with Crippen molar-refractivity contribution in [1.29, 1.82) is 0 Å². The van der Waals surface area contributed by atoms with E-state index in [-0.39, 0.29) is 40.9 Å². The third kappa shape index (κ3) is 4.52. The summed E-state index contributed by atoms with van der Waals surface area (Å²) in [6, 6.07) is 13.0. The Labute approximate surface area is 179 Å². The third-order valence-corrected chi connectivity index (χ3v) is 8.44. The number of para-hydroxylation sites is 1. The number of sulfone groups is 1. The van der Waals surface area contributed by atoms with Gasteiger partial charge in [0.15, 0.2) is 15.0 Å². The topological polar surface area (TPSA) is 76.0 Å². The molecule has 0 spiro atoms. The van der Waals surface area contributed by atoms with Gasteiger partial charge in [0.05, 0.1) is 31.1 Å². The quantitative estimate of drug-likeness (QED) is 0.700. The van der Waals surface area contributed by atoms with E-state index in [1.165, 1.54) is 23.9 Å². The number of carbonyl (C=O) groups is 1. The van der Waals surface area contributed by atoms with E-state index < -0.39 is 9.84 Å². The molecule has 0 bridgehead atoms. The Morgan fingerprint density at radius 3 is 2.67 bits per heavy atom. The molecule has 2 aliphatic rings. The summed E-state index contributed by atoms with van der Waals surface area (Å²) in [5.74, 6) is 0.114. The minimum atomic E-state index is -3.12. The van der Waals surface area contributed by atoms with Gasteiger partial charge >= 0.3 is 0 Å². The van der Waals surface area contributed by atoms with E-state index in [0.717, 1.165) is 5.56 Å². The predicted octanol–water partition coefficient (Wildman–Crippen LogP) is 2.67. The van der Waals surface area contributed by atoms with Crippen molar-refractivity contribution in [2.75, 3.05) is 18.6 Å². The van der Waals surface area contributed by atoms with Crippen molar-refractivity contribution < 1.29 is 22.3 Å². The average molecular weight is 449 g/mol. The van der Waals surface area contributed by atoms with Crippen LogP contribution in [0.2, 0.25) is 0 Å². The van der Waals surface area contributed by atoms with E-state index >= 15 is 0 Å². The molecule has 2 fully saturated rings. The minimum Gasteiger partial charge on any atom is -0.496 e. The van der Waals surface area contributed by atoms with Crippen LogP contribution in [0.5, 0.6) is 5.75 Å². The molecule has 9 heteroatoms. The number of methoxy groups -OCH3 is 1. The molecule has 2 saturated heterocycles. The molecular formula is C21H21FN2O4S2. The van der Waals surface area contributed by atoms with Crippen LogP contribution in [-0.2, 0) is 27.6 Å². The van der Waals surface area contributed by atoms with Crippen molar-refractivity contribution in [2.45, 2.75) is 24.3 Å². The first-order valence-electron chi connectivity index (χ1n) is 9.46. The number of nitrogens with zero attached hydrogens (tertiary/aromatic N) is 2. The van der Waals surface area contributed by atoms with Crippen LogP contribution in [-0.4, -0.2) is 54.3 Å². The number of thioether (sulfide) groups is 1. The highest BCUT2D eigenvalue weighted by molar-refractivity contribution is 8.15. The fraction of sp³-hybridized carbons (Fsp3) is 0.333. The van der Waals surface area contributed by atoms with Gasteiger partial charge in [-0.25, -0.2) is 12.8 Å². The molecule has 2 aromatic carbocycles. The molecule has 1 amide bonds. The van der Waals surface area contributed by atoms with E-state index in [9.17, 15) is 17.6 Å². The van der Waals surface area contributed by atoms with Gasteiger partial charge in [-0.05, 0) is 23.8 Å². The zero-order valence-electron chi connectivity index (χ0n) is 16.3. The van der Waals surface area contributed by atoms with Crippen LogP contribution < -0.4 is 4.74 Å². The first-order chi connectivity index (χ1) is 14.3. The number of hydrogen-bond acceptors (Lipinski definition) is 5. The van der Waals surface area contributed by atoms with Crippen LogP contribution >= 0.6 is 11.8 Å². The molecule has 6 nitrogen and oxygen atoms in total. The molecule has 0 saturated carbocycles. The van der Waals surface area contributed by atoms with Gasteiger partial charge in [-0.3, -0.25) is 4.79 Å². The van der Waals surface area contributed by atoms with E-state index in [1.807, 2.05) is 29.2 Å². The van der Waals surface area contributed by atoms with Gasteiger partial charge in [0.1, 0.15) is 11.6 Å². The number of halogens is 1. The Bertz CT molecular complexity index is 1090. The molecule has 0 aliphatic carbocycles. The first-order valence-corrected chi connectivity index (χ1v) is 12.2. The standard InChI is InChI=1S/C21H21FN2O4S2/c1-28-18-5-3-2-4-15(18)11-24-17-12-30(26,27)13-19(17)29-21(24)23-20(25)10-14-6-8-16(22)9-7-14/h2-9,17,19H,10-13H2,1H3/t17-,19-/m1/s1. The van der Waals surface area contributed by atoms with Crippen molar-refractivity contribution in [2.24, 2.45) is 4.99 Å². The Morgan fingerprint density at radius 1 is 1.20 bits per heavy atom. The second-order valence-corrected chi connectivity index (χ2v) is 10.7. The van der Waals surface area contributed by atoms with Gasteiger partial charge < -0.3 is 9.64 Å². The minimum absolute atomic E-state index is 0.0466. The number of ether oxygens (including phenoxy) is 1. The molecule has 2 atom stereocenters. The summed E-state index contributed by atoms with van der Waals surface area (Å²) in [4.78, 5) is 18.8. The Balaban J connectivity index is 1.59. The highest BCUT2D eigenvalue weighted by Crippen LogP contribution is 2.39. The normalized spacial score (nSPS) is 23.5. The van der Waals surface area contributed by atoms with Crippen LogP contribution in [0.3, 0.4) is 0 Å². The molecule has 0 aromatic heterocycles. The van der Waals surface area contributed by atoms with Crippen molar-refractivity contribution in [3.8, 4) is 5.75 Å². The molecule has 2 aliphatic heterocycles. The number of rotatable bonds is 5. The van der Waals surface area contributed by atoms with Crippen molar-refractivity contribution in [3.05, 3.63) is 65.5 Å². The largest absolute Gasteiger partial charge is 0.496 e. The van der Waals surface area contributed by atoms with Gasteiger partial charge in [-0.1, -0.05) is 42.1 Å². The average Bonchev–Trinajstić information content (AvgIpc) is 3.16. The van der Waals surface area contributed by atoms with E-state index in [4.69, 9.17) is 4.74 Å². The van der Waals surface area contributed by atoms with Crippen molar-refractivity contribution in [1.82, 2.24) is 4.90 Å². The summed E-state index contributed by atoms with van der Waals surface area (Å²) in [5.41, 5.74) is 1.57. The monoisotopic (exact) mass is 448 g/mol. The Kier molecular flexibility index (Phi) is 5.84. The molecule has 2 aromatic rings. The van der Waals surface area contributed by atoms with Crippen LogP contribution in [0.15, 0.2) is 53.5 Å². The van der Waals surface area contributed by atoms with Crippen LogP contribution in [0.25, 0.3) is 0 Å². The molecule has 4 rings (SSSR count).